The van der Waals surface area contributed by atoms with Crippen molar-refractivity contribution in [3.8, 4) is 0 Å². The van der Waals surface area contributed by atoms with Gasteiger partial charge in [0.15, 0.2) is 0 Å². The normalized spacial score (nSPS) is 10.8. The van der Waals surface area contributed by atoms with Gasteiger partial charge in [0.2, 0.25) is 0 Å². The van der Waals surface area contributed by atoms with Crippen LogP contribution in [-0.2, 0) is 11.5 Å². The molecule has 0 heterocycles. The summed E-state index contributed by atoms with van der Waals surface area (Å²) in [6.07, 6.45) is 0. The van der Waals surface area contributed by atoms with E-state index in [9.17, 15) is 0 Å². The van der Waals surface area contributed by atoms with Crippen LogP contribution in [0.4, 0.5) is 0 Å². The average molecular weight is 276 g/mol. The van der Waals surface area contributed by atoms with Gasteiger partial charge < -0.3 is 0 Å². The Balaban J connectivity index is 2.77. The molecule has 1 aromatic rings. The first-order chi connectivity index (χ1) is 7.67. The van der Waals surface area contributed by atoms with Crippen LogP contribution < -0.4 is 0 Å². The molecule has 0 fully saturated rings. The van der Waals surface area contributed by atoms with E-state index in [0.717, 1.165) is 6.54 Å². The number of hydrogen-bond acceptors (Lipinski definition) is 1. The van der Waals surface area contributed by atoms with Crippen LogP contribution >= 0.6 is 0 Å². The van der Waals surface area contributed by atoms with Crippen LogP contribution in [0.15, 0.2) is 24.3 Å². The molecule has 0 amide bonds. The van der Waals surface area contributed by atoms with Gasteiger partial charge in [0, 0.05) is 0 Å². The molecule has 0 spiro atoms. The Morgan fingerprint density at radius 1 is 1.00 bits per heavy atom. The Hall–Kier alpha value is -0.184. The first kappa shape index (κ1) is 13.9. The quantitative estimate of drug-likeness (QED) is 0.720. The van der Waals surface area contributed by atoms with Gasteiger partial charge in [-0.25, -0.2) is 0 Å². The number of nitrogens with zero attached hydrogens (tertiary/aromatic N) is 1. The molecule has 0 bridgehead atoms. The molecular formula is C14H24GaN. The van der Waals surface area contributed by atoms with Gasteiger partial charge in [-0.05, 0) is 0 Å². The topological polar surface area (TPSA) is 3.24 Å². The fraction of sp³-hybridized carbons (Fsp3) is 0.571. The Labute approximate surface area is 106 Å². The maximum absolute atomic E-state index is 2.38. The van der Waals surface area contributed by atoms with Crippen molar-refractivity contribution in [2.75, 3.05) is 14.1 Å². The predicted molar refractivity (Wildman–Crippen MR) is 74.3 cm³/mol. The summed E-state index contributed by atoms with van der Waals surface area (Å²) >= 11 is -0.982. The van der Waals surface area contributed by atoms with Crippen LogP contribution in [0.2, 0.25) is 9.95 Å². The van der Waals surface area contributed by atoms with E-state index >= 15 is 0 Å². The van der Waals surface area contributed by atoms with Crippen LogP contribution in [-0.4, -0.2) is 35.2 Å². The van der Waals surface area contributed by atoms with E-state index in [1.165, 1.54) is 20.5 Å². The van der Waals surface area contributed by atoms with Crippen molar-refractivity contribution < 1.29 is 0 Å². The fourth-order valence-corrected chi connectivity index (χ4v) is 6.70. The summed E-state index contributed by atoms with van der Waals surface area (Å²) in [5.74, 6) is 0. The first-order valence-corrected chi connectivity index (χ1v) is 11.5. The Morgan fingerprint density at radius 3 is 2.06 bits per heavy atom. The van der Waals surface area contributed by atoms with Crippen molar-refractivity contribution in [2.45, 2.75) is 35.3 Å². The predicted octanol–water partition coefficient (Wildman–Crippen LogP) is 3.36. The van der Waals surface area contributed by atoms with E-state index in [1.54, 1.807) is 5.56 Å². The summed E-state index contributed by atoms with van der Waals surface area (Å²) in [6.45, 7) is 5.84. The standard InChI is InChI=1S/C10H14N.2C2H5.Ga/c1-9-6-4-5-7-10(9)8-11(2)3;2*1-2;/h4-7H,1,8H2,2-3H3;2*1H2,2H3;. The van der Waals surface area contributed by atoms with Crippen molar-refractivity contribution in [2.24, 2.45) is 0 Å². The van der Waals surface area contributed by atoms with Gasteiger partial charge in [-0.1, -0.05) is 0 Å². The van der Waals surface area contributed by atoms with Gasteiger partial charge in [0.1, 0.15) is 0 Å². The second-order valence-corrected chi connectivity index (χ2v) is 12.8. The minimum atomic E-state index is -0.982. The van der Waals surface area contributed by atoms with Crippen molar-refractivity contribution in [1.82, 2.24) is 4.90 Å². The van der Waals surface area contributed by atoms with Gasteiger partial charge in [0.25, 0.3) is 0 Å². The number of rotatable bonds is 6. The molecule has 88 valence electrons. The summed E-state index contributed by atoms with van der Waals surface area (Å²) in [5, 5.41) is 0. The summed E-state index contributed by atoms with van der Waals surface area (Å²) in [5.41, 5.74) is 3.15. The van der Waals surface area contributed by atoms with E-state index < -0.39 is 16.2 Å². The third-order valence-electron chi connectivity index (χ3n) is 3.27. The SMILES string of the molecule is C[CH2][Ga]([CH2]C)[CH2]c1ccccc1CN(C)C. The summed E-state index contributed by atoms with van der Waals surface area (Å²) < 4.78 is 0. The number of hydrogen-bond donors (Lipinski definition) is 0. The van der Waals surface area contributed by atoms with Gasteiger partial charge in [-0.15, -0.1) is 0 Å². The molecule has 1 nitrogen and oxygen atoms in total. The summed E-state index contributed by atoms with van der Waals surface area (Å²) in [4.78, 5) is 6.63. The molecule has 2 heteroatoms. The molecule has 16 heavy (non-hydrogen) atoms. The molecule has 0 unspecified atom stereocenters. The molecule has 1 rings (SSSR count). The third kappa shape index (κ3) is 4.36. The van der Waals surface area contributed by atoms with Crippen LogP contribution in [0.5, 0.6) is 0 Å². The summed E-state index contributed by atoms with van der Waals surface area (Å²) in [7, 11) is 4.30. The Bertz CT molecular complexity index is 305. The molecule has 0 N–H and O–H groups in total. The second kappa shape index (κ2) is 7.20. The molecule has 0 saturated heterocycles. The average Bonchev–Trinajstić information content (AvgIpc) is 2.27. The van der Waals surface area contributed by atoms with E-state index in [2.05, 4.69) is 57.1 Å². The molecule has 0 aliphatic rings. The van der Waals surface area contributed by atoms with Gasteiger partial charge >= 0.3 is 106 Å². The van der Waals surface area contributed by atoms with Gasteiger partial charge in [-0.3, -0.25) is 0 Å². The molecule has 1 aromatic carbocycles. The zero-order valence-electron chi connectivity index (χ0n) is 11.2. The van der Waals surface area contributed by atoms with Crippen molar-refractivity contribution >= 4 is 16.2 Å². The Kier molecular flexibility index (Phi) is 6.25. The molecular weight excluding hydrogens is 252 g/mol. The third-order valence-corrected chi connectivity index (χ3v) is 10.2. The summed E-state index contributed by atoms with van der Waals surface area (Å²) in [6, 6.07) is 8.99. The van der Waals surface area contributed by atoms with Crippen LogP contribution in [0.3, 0.4) is 0 Å². The van der Waals surface area contributed by atoms with Gasteiger partial charge in [0.05, 0.1) is 0 Å². The van der Waals surface area contributed by atoms with E-state index in [1.807, 2.05) is 0 Å². The van der Waals surface area contributed by atoms with Crippen LogP contribution in [0.1, 0.15) is 25.0 Å². The van der Waals surface area contributed by atoms with Crippen molar-refractivity contribution in [3.05, 3.63) is 35.4 Å². The van der Waals surface area contributed by atoms with Gasteiger partial charge in [-0.2, -0.15) is 0 Å². The molecule has 0 aliphatic heterocycles. The minimum absolute atomic E-state index is 0.982. The van der Waals surface area contributed by atoms with Crippen molar-refractivity contribution in [3.63, 3.8) is 0 Å². The zero-order valence-corrected chi connectivity index (χ0v) is 13.6. The first-order valence-electron chi connectivity index (χ1n) is 6.38. The Morgan fingerprint density at radius 2 is 1.56 bits per heavy atom. The maximum atomic E-state index is 2.38. The van der Waals surface area contributed by atoms with E-state index in [4.69, 9.17) is 0 Å². The second-order valence-electron chi connectivity index (χ2n) is 4.89. The molecule has 0 aromatic heterocycles. The van der Waals surface area contributed by atoms with Crippen LogP contribution in [0.25, 0.3) is 0 Å². The molecule has 0 atom stereocenters. The van der Waals surface area contributed by atoms with E-state index in [0.29, 0.717) is 0 Å². The van der Waals surface area contributed by atoms with Crippen LogP contribution in [0, 0.1) is 0 Å². The number of benzene rings is 1. The van der Waals surface area contributed by atoms with Crippen molar-refractivity contribution in [1.29, 1.82) is 0 Å². The van der Waals surface area contributed by atoms with E-state index in [-0.39, 0.29) is 0 Å². The monoisotopic (exact) mass is 275 g/mol. The molecule has 0 radical (unpaired) electrons. The molecule has 0 aliphatic carbocycles. The zero-order chi connectivity index (χ0) is 12.0. The fourth-order valence-electron chi connectivity index (χ4n) is 2.14. The molecule has 0 saturated carbocycles.